The number of aromatic nitrogens is 4. The molecule has 1 aromatic carbocycles. The summed E-state index contributed by atoms with van der Waals surface area (Å²) in [6.45, 7) is 2.62. The van der Waals surface area contributed by atoms with Gasteiger partial charge in [-0.15, -0.1) is 21.5 Å². The Morgan fingerprint density at radius 3 is 2.76 bits per heavy atom. The molecule has 4 rings (SSSR count). The molecule has 1 aliphatic heterocycles. The van der Waals surface area contributed by atoms with E-state index in [0.29, 0.717) is 18.8 Å². The molecule has 0 amide bonds. The molecule has 0 bridgehead atoms. The number of thioether (sulfide) groups is 1. The summed E-state index contributed by atoms with van der Waals surface area (Å²) in [6.07, 6.45) is 0.622. The molecule has 29 heavy (non-hydrogen) atoms. The van der Waals surface area contributed by atoms with E-state index in [-0.39, 0.29) is 17.4 Å². The van der Waals surface area contributed by atoms with Crippen molar-refractivity contribution in [1.29, 1.82) is 0 Å². The zero-order chi connectivity index (χ0) is 20.4. The van der Waals surface area contributed by atoms with Gasteiger partial charge in [0.25, 0.3) is 0 Å². The molecule has 1 atom stereocenters. The smallest absolute Gasteiger partial charge is 0.191 e. The Bertz CT molecular complexity index is 1090. The average Bonchev–Trinajstić information content (AvgIpc) is 3.40. The van der Waals surface area contributed by atoms with Crippen LogP contribution in [-0.4, -0.2) is 46.3 Å². The van der Waals surface area contributed by atoms with Crippen LogP contribution in [0, 0.1) is 0 Å². The lowest BCUT2D eigenvalue weighted by molar-refractivity contribution is 0.340. The molecule has 7 nitrogen and oxygen atoms in total. The van der Waals surface area contributed by atoms with Gasteiger partial charge in [-0.2, -0.15) is 0 Å². The standard InChI is InChI=1S/C19H22N4O3S3/c1-3-26-16-6-4-13(5-7-16)18-20-15(10-27-18)11-28-19-22-21-17(23(19)2)14-8-9-29(24,25)12-14/h4-7,10,14H,3,8-9,11-12H2,1-2H3. The maximum absolute atomic E-state index is 11.7. The van der Waals surface area contributed by atoms with E-state index in [2.05, 4.69) is 15.6 Å². The summed E-state index contributed by atoms with van der Waals surface area (Å²) >= 11 is 3.17. The van der Waals surface area contributed by atoms with Crippen molar-refractivity contribution in [2.45, 2.75) is 30.2 Å². The van der Waals surface area contributed by atoms with Crippen molar-refractivity contribution < 1.29 is 13.2 Å². The van der Waals surface area contributed by atoms with Gasteiger partial charge in [-0.3, -0.25) is 0 Å². The van der Waals surface area contributed by atoms with E-state index in [9.17, 15) is 8.42 Å². The van der Waals surface area contributed by atoms with Gasteiger partial charge in [0.05, 0.1) is 23.8 Å². The number of benzene rings is 1. The highest BCUT2D eigenvalue weighted by molar-refractivity contribution is 7.98. The van der Waals surface area contributed by atoms with E-state index >= 15 is 0 Å². The molecule has 2 aromatic heterocycles. The second kappa shape index (κ2) is 8.45. The lowest BCUT2D eigenvalue weighted by Crippen LogP contribution is -2.09. The minimum atomic E-state index is -2.94. The van der Waals surface area contributed by atoms with Crippen molar-refractivity contribution in [1.82, 2.24) is 19.7 Å². The number of rotatable bonds is 7. The number of hydrogen-bond donors (Lipinski definition) is 0. The fraction of sp³-hybridized carbons (Fsp3) is 0.421. The van der Waals surface area contributed by atoms with Crippen LogP contribution in [0.25, 0.3) is 10.6 Å². The van der Waals surface area contributed by atoms with Crippen LogP contribution >= 0.6 is 23.1 Å². The Morgan fingerprint density at radius 2 is 2.07 bits per heavy atom. The first-order valence-corrected chi connectivity index (χ1v) is 13.0. The van der Waals surface area contributed by atoms with Gasteiger partial charge < -0.3 is 9.30 Å². The van der Waals surface area contributed by atoms with Gasteiger partial charge in [-0.25, -0.2) is 13.4 Å². The highest BCUT2D eigenvalue weighted by Crippen LogP contribution is 2.31. The van der Waals surface area contributed by atoms with Gasteiger partial charge in [0.15, 0.2) is 15.0 Å². The van der Waals surface area contributed by atoms with Crippen molar-refractivity contribution >= 4 is 32.9 Å². The van der Waals surface area contributed by atoms with Crippen molar-refractivity contribution in [2.24, 2.45) is 7.05 Å². The van der Waals surface area contributed by atoms with Gasteiger partial charge >= 0.3 is 0 Å². The Kier molecular flexibility index (Phi) is 5.93. The van der Waals surface area contributed by atoms with Gasteiger partial charge in [0.2, 0.25) is 0 Å². The third-order valence-electron chi connectivity index (χ3n) is 4.78. The molecular formula is C19H22N4O3S3. The van der Waals surface area contributed by atoms with Crippen LogP contribution in [0.1, 0.15) is 30.8 Å². The maximum atomic E-state index is 11.7. The molecule has 1 aliphatic rings. The predicted octanol–water partition coefficient (Wildman–Crippen LogP) is 3.53. The summed E-state index contributed by atoms with van der Waals surface area (Å²) in [6, 6.07) is 7.95. The largest absolute Gasteiger partial charge is 0.494 e. The van der Waals surface area contributed by atoms with Crippen LogP contribution in [0.5, 0.6) is 5.75 Å². The van der Waals surface area contributed by atoms with E-state index in [4.69, 9.17) is 9.72 Å². The predicted molar refractivity (Wildman–Crippen MR) is 115 cm³/mol. The molecule has 3 heterocycles. The quantitative estimate of drug-likeness (QED) is 0.509. The average molecular weight is 451 g/mol. The number of sulfone groups is 1. The van der Waals surface area contributed by atoms with Crippen molar-refractivity contribution in [3.05, 3.63) is 41.2 Å². The molecule has 1 unspecified atom stereocenters. The molecule has 1 fully saturated rings. The monoisotopic (exact) mass is 450 g/mol. The highest BCUT2D eigenvalue weighted by atomic mass is 32.2. The zero-order valence-electron chi connectivity index (χ0n) is 16.2. The number of ether oxygens (including phenoxy) is 1. The van der Waals surface area contributed by atoms with Crippen LogP contribution in [0.3, 0.4) is 0 Å². The van der Waals surface area contributed by atoms with E-state index in [1.54, 1.807) is 23.1 Å². The molecule has 10 heteroatoms. The summed E-state index contributed by atoms with van der Waals surface area (Å²) in [5.74, 6) is 2.64. The van der Waals surface area contributed by atoms with E-state index in [1.807, 2.05) is 42.8 Å². The second-order valence-corrected chi connectivity index (χ2v) is 10.9. The summed E-state index contributed by atoms with van der Waals surface area (Å²) < 4.78 is 30.9. The first-order valence-electron chi connectivity index (χ1n) is 9.35. The number of hydrogen-bond acceptors (Lipinski definition) is 8. The normalized spacial score (nSPS) is 18.2. The molecule has 0 N–H and O–H groups in total. The Hall–Kier alpha value is -1.91. The molecule has 154 valence electrons. The lowest BCUT2D eigenvalue weighted by atomic mass is 10.1. The first kappa shape index (κ1) is 20.4. The van der Waals surface area contributed by atoms with Crippen LogP contribution in [0.4, 0.5) is 0 Å². The van der Waals surface area contributed by atoms with Gasteiger partial charge in [0, 0.05) is 29.7 Å². The molecular weight excluding hydrogens is 428 g/mol. The minimum absolute atomic E-state index is 0.0580. The van der Waals surface area contributed by atoms with E-state index < -0.39 is 9.84 Å². The third-order valence-corrected chi connectivity index (χ3v) is 8.54. The van der Waals surface area contributed by atoms with Crippen LogP contribution in [0.15, 0.2) is 34.8 Å². The third kappa shape index (κ3) is 4.65. The Labute approximate surface area is 178 Å². The molecule has 0 spiro atoms. The lowest BCUT2D eigenvalue weighted by Gasteiger charge is -2.07. The van der Waals surface area contributed by atoms with Crippen molar-refractivity contribution in [3.8, 4) is 16.3 Å². The fourth-order valence-corrected chi connectivity index (χ4v) is 6.79. The van der Waals surface area contributed by atoms with Crippen LogP contribution in [0.2, 0.25) is 0 Å². The molecule has 3 aromatic rings. The van der Waals surface area contributed by atoms with Crippen LogP contribution < -0.4 is 4.74 Å². The topological polar surface area (TPSA) is 87.0 Å². The minimum Gasteiger partial charge on any atom is -0.494 e. The highest BCUT2D eigenvalue weighted by Gasteiger charge is 2.32. The summed E-state index contributed by atoms with van der Waals surface area (Å²) in [7, 11) is -1.04. The van der Waals surface area contributed by atoms with Crippen molar-refractivity contribution in [3.63, 3.8) is 0 Å². The van der Waals surface area contributed by atoms with Crippen molar-refractivity contribution in [2.75, 3.05) is 18.1 Å². The van der Waals surface area contributed by atoms with Crippen LogP contribution in [-0.2, 0) is 22.6 Å². The Morgan fingerprint density at radius 1 is 1.28 bits per heavy atom. The van der Waals surface area contributed by atoms with E-state index in [0.717, 1.165) is 33.0 Å². The Balaban J connectivity index is 1.40. The summed E-state index contributed by atoms with van der Waals surface area (Å²) in [4.78, 5) is 4.72. The van der Waals surface area contributed by atoms with E-state index in [1.165, 1.54) is 0 Å². The SMILES string of the molecule is CCOc1ccc(-c2nc(CSc3nnc(C4CCS(=O)(=O)C4)n3C)cs2)cc1. The molecule has 0 aliphatic carbocycles. The zero-order valence-corrected chi connectivity index (χ0v) is 18.7. The number of thiazole rings is 1. The molecule has 0 saturated carbocycles. The fourth-order valence-electron chi connectivity index (χ4n) is 3.31. The summed E-state index contributed by atoms with van der Waals surface area (Å²) in [5.41, 5.74) is 2.05. The second-order valence-electron chi connectivity index (χ2n) is 6.89. The molecule has 1 saturated heterocycles. The van der Waals surface area contributed by atoms with Gasteiger partial charge in [-0.05, 0) is 37.6 Å². The summed E-state index contributed by atoms with van der Waals surface area (Å²) in [5, 5.41) is 12.3. The van der Waals surface area contributed by atoms with Gasteiger partial charge in [-0.1, -0.05) is 11.8 Å². The molecule has 0 radical (unpaired) electrons. The maximum Gasteiger partial charge on any atom is 0.191 e. The first-order chi connectivity index (χ1) is 13.9. The number of nitrogens with zero attached hydrogens (tertiary/aromatic N) is 4. The van der Waals surface area contributed by atoms with Gasteiger partial charge in [0.1, 0.15) is 16.6 Å².